The molecule has 1 amide bonds. The second-order valence-corrected chi connectivity index (χ2v) is 8.97. The lowest BCUT2D eigenvalue weighted by Gasteiger charge is -2.11. The summed E-state index contributed by atoms with van der Waals surface area (Å²) in [5.41, 5.74) is 5.38. The summed E-state index contributed by atoms with van der Waals surface area (Å²) < 4.78 is 0. The highest BCUT2D eigenvalue weighted by molar-refractivity contribution is 6.22. The van der Waals surface area contributed by atoms with Gasteiger partial charge in [0.2, 0.25) is 0 Å². The highest BCUT2D eigenvalue weighted by Gasteiger charge is 2.26. The normalized spacial score (nSPS) is 12.1. The topological polar surface area (TPSA) is 91.1 Å². The van der Waals surface area contributed by atoms with Crippen molar-refractivity contribution in [1.29, 1.82) is 0 Å². The van der Waals surface area contributed by atoms with Gasteiger partial charge >= 0.3 is 0 Å². The molecule has 1 aliphatic carbocycles. The van der Waals surface area contributed by atoms with Crippen LogP contribution in [0, 0.1) is 6.92 Å². The lowest BCUT2D eigenvalue weighted by atomic mass is 10.0. The number of benzene rings is 5. The molecule has 0 radical (unpaired) electrons. The smallest absolute Gasteiger partial charge is 0.259 e. The Kier molecular flexibility index (Phi) is 5.34. The van der Waals surface area contributed by atoms with Crippen molar-refractivity contribution in [1.82, 2.24) is 0 Å². The number of phenolic OH excluding ortho intramolecular Hbond substituents is 1. The van der Waals surface area contributed by atoms with Crippen LogP contribution in [0.3, 0.4) is 0 Å². The van der Waals surface area contributed by atoms with Gasteiger partial charge in [0, 0.05) is 22.2 Å². The van der Waals surface area contributed by atoms with Crippen LogP contribution < -0.4 is 5.32 Å². The highest BCUT2D eigenvalue weighted by Crippen LogP contribution is 2.41. The quantitative estimate of drug-likeness (QED) is 0.251. The Bertz CT molecular complexity index is 1770. The van der Waals surface area contributed by atoms with Gasteiger partial charge in [0.1, 0.15) is 5.69 Å². The number of carbonyl (C=O) groups is 2. The number of hydrogen-bond donors (Lipinski definition) is 2. The number of aryl methyl sites for hydroxylation is 1. The number of aromatic hydroxyl groups is 1. The molecule has 0 unspecified atom stereocenters. The molecule has 0 aromatic heterocycles. The molecule has 0 spiro atoms. The predicted octanol–water partition coefficient (Wildman–Crippen LogP) is 7.73. The number of azo groups is 1. The van der Waals surface area contributed by atoms with Crippen molar-refractivity contribution in [3.63, 3.8) is 0 Å². The number of nitrogens with zero attached hydrogens (tertiary/aromatic N) is 2. The molecule has 0 aliphatic heterocycles. The Morgan fingerprint density at radius 1 is 0.757 bits per heavy atom. The van der Waals surface area contributed by atoms with Gasteiger partial charge in [0.25, 0.3) is 5.91 Å². The van der Waals surface area contributed by atoms with E-state index in [1.54, 1.807) is 24.3 Å². The zero-order valence-electron chi connectivity index (χ0n) is 19.9. The summed E-state index contributed by atoms with van der Waals surface area (Å²) in [7, 11) is 0. The summed E-state index contributed by atoms with van der Waals surface area (Å²) in [4.78, 5) is 26.0. The van der Waals surface area contributed by atoms with Crippen LogP contribution in [0.15, 0.2) is 107 Å². The number of phenols is 1. The maximum Gasteiger partial charge on any atom is 0.259 e. The fraction of sp³-hybridized carbons (Fsp3) is 0.0323. The second-order valence-electron chi connectivity index (χ2n) is 8.97. The summed E-state index contributed by atoms with van der Waals surface area (Å²) >= 11 is 0. The lowest BCUT2D eigenvalue weighted by molar-refractivity contribution is 0.102. The van der Waals surface area contributed by atoms with Gasteiger partial charge in [-0.3, -0.25) is 9.59 Å². The largest absolute Gasteiger partial charge is 0.505 e. The third-order valence-corrected chi connectivity index (χ3v) is 6.49. The van der Waals surface area contributed by atoms with Crippen LogP contribution in [0.5, 0.6) is 5.75 Å². The summed E-state index contributed by atoms with van der Waals surface area (Å²) in [6.07, 6.45) is 0. The third kappa shape index (κ3) is 3.94. The number of fused-ring (bicyclic) bond motifs is 4. The number of anilines is 1. The van der Waals surface area contributed by atoms with E-state index in [1.165, 1.54) is 0 Å². The van der Waals surface area contributed by atoms with Crippen LogP contribution in [0.2, 0.25) is 0 Å². The minimum atomic E-state index is -0.453. The van der Waals surface area contributed by atoms with E-state index in [4.69, 9.17) is 0 Å². The molecule has 6 nitrogen and oxygen atoms in total. The minimum Gasteiger partial charge on any atom is -0.505 e. The first-order chi connectivity index (χ1) is 18.0. The lowest BCUT2D eigenvalue weighted by Crippen LogP contribution is -2.12. The number of ketones is 1. The monoisotopic (exact) mass is 483 g/mol. The number of nitrogens with one attached hydrogen (secondary N) is 1. The van der Waals surface area contributed by atoms with E-state index in [0.717, 1.165) is 22.1 Å². The molecule has 0 heterocycles. The SMILES string of the molecule is Cc1cccc(NC(=O)c2cc3ccccc3c(N=Nc3ccc4c(c3)C(=O)c3ccccc3-4)c2O)c1. The average molecular weight is 484 g/mol. The van der Waals surface area contributed by atoms with Crippen molar-refractivity contribution in [3.05, 3.63) is 119 Å². The molecule has 0 atom stereocenters. The van der Waals surface area contributed by atoms with Gasteiger partial charge in [0.15, 0.2) is 11.5 Å². The molecule has 0 saturated carbocycles. The van der Waals surface area contributed by atoms with E-state index >= 15 is 0 Å². The van der Waals surface area contributed by atoms with Crippen LogP contribution in [-0.2, 0) is 0 Å². The molecule has 6 heteroatoms. The van der Waals surface area contributed by atoms with Crippen molar-refractivity contribution in [2.45, 2.75) is 6.92 Å². The molecule has 178 valence electrons. The Balaban J connectivity index is 1.39. The summed E-state index contributed by atoms with van der Waals surface area (Å²) in [5.74, 6) is -0.769. The van der Waals surface area contributed by atoms with E-state index in [1.807, 2.05) is 79.7 Å². The number of amides is 1. The highest BCUT2D eigenvalue weighted by atomic mass is 16.3. The Morgan fingerprint density at radius 2 is 1.51 bits per heavy atom. The van der Waals surface area contributed by atoms with Gasteiger partial charge in [-0.1, -0.05) is 66.7 Å². The van der Waals surface area contributed by atoms with Gasteiger partial charge in [-0.2, -0.15) is 5.11 Å². The van der Waals surface area contributed by atoms with Crippen LogP contribution >= 0.6 is 0 Å². The summed E-state index contributed by atoms with van der Waals surface area (Å²) in [6.45, 7) is 1.94. The predicted molar refractivity (Wildman–Crippen MR) is 144 cm³/mol. The molecule has 5 aromatic rings. The number of rotatable bonds is 4. The molecule has 1 aliphatic rings. The average Bonchev–Trinajstić information content (AvgIpc) is 3.19. The zero-order valence-corrected chi connectivity index (χ0v) is 19.9. The zero-order chi connectivity index (χ0) is 25.5. The molecule has 37 heavy (non-hydrogen) atoms. The Hall–Kier alpha value is -5.10. The van der Waals surface area contributed by atoms with Crippen molar-refractivity contribution in [2.75, 3.05) is 5.32 Å². The fourth-order valence-electron chi connectivity index (χ4n) is 4.70. The standard InChI is InChI=1S/C31H21N3O3/c1-18-7-6-9-20(15-18)32-31(37)27-16-19-8-2-3-10-22(19)28(30(27)36)34-33-21-13-14-24-23-11-4-5-12-25(23)29(35)26(24)17-21/h2-17,36H,1H3,(H,32,37). The third-order valence-electron chi connectivity index (χ3n) is 6.49. The first-order valence-corrected chi connectivity index (χ1v) is 11.8. The van der Waals surface area contributed by atoms with E-state index in [0.29, 0.717) is 27.9 Å². The van der Waals surface area contributed by atoms with Crippen LogP contribution in [0.25, 0.3) is 21.9 Å². The maximum atomic E-state index is 13.1. The van der Waals surface area contributed by atoms with Crippen LogP contribution in [-0.4, -0.2) is 16.8 Å². The second kappa shape index (κ2) is 8.84. The Labute approximate surface area is 212 Å². The van der Waals surface area contributed by atoms with E-state index in [-0.39, 0.29) is 22.8 Å². The molecular weight excluding hydrogens is 462 g/mol. The number of hydrogen-bond acceptors (Lipinski definition) is 5. The van der Waals surface area contributed by atoms with Crippen molar-refractivity contribution >= 4 is 39.5 Å². The molecule has 0 fully saturated rings. The van der Waals surface area contributed by atoms with E-state index in [9.17, 15) is 14.7 Å². The molecule has 0 saturated heterocycles. The minimum absolute atomic E-state index is 0.0502. The summed E-state index contributed by atoms with van der Waals surface area (Å²) in [6, 6.07) is 29.3. The van der Waals surface area contributed by atoms with Gasteiger partial charge in [-0.05, 0) is 59.3 Å². The Morgan fingerprint density at radius 3 is 2.35 bits per heavy atom. The van der Waals surface area contributed by atoms with Crippen molar-refractivity contribution in [2.24, 2.45) is 10.2 Å². The van der Waals surface area contributed by atoms with Gasteiger partial charge in [-0.25, -0.2) is 0 Å². The van der Waals surface area contributed by atoms with Crippen LogP contribution in [0.4, 0.5) is 17.1 Å². The molecular formula is C31H21N3O3. The first kappa shape index (κ1) is 22.4. The van der Waals surface area contributed by atoms with Crippen molar-refractivity contribution < 1.29 is 14.7 Å². The fourth-order valence-corrected chi connectivity index (χ4v) is 4.70. The first-order valence-electron chi connectivity index (χ1n) is 11.8. The van der Waals surface area contributed by atoms with Crippen LogP contribution in [0.1, 0.15) is 31.8 Å². The van der Waals surface area contributed by atoms with Crippen molar-refractivity contribution in [3.8, 4) is 16.9 Å². The molecule has 0 bridgehead atoms. The number of carbonyl (C=O) groups excluding carboxylic acids is 2. The summed E-state index contributed by atoms with van der Waals surface area (Å²) in [5, 5.41) is 24.0. The maximum absolute atomic E-state index is 13.1. The molecule has 5 aromatic carbocycles. The van der Waals surface area contributed by atoms with E-state index < -0.39 is 5.91 Å². The van der Waals surface area contributed by atoms with Gasteiger partial charge in [-0.15, -0.1) is 5.11 Å². The van der Waals surface area contributed by atoms with E-state index in [2.05, 4.69) is 15.5 Å². The van der Waals surface area contributed by atoms with Gasteiger partial charge < -0.3 is 10.4 Å². The van der Waals surface area contributed by atoms with Gasteiger partial charge in [0.05, 0.1) is 11.3 Å². The molecule has 2 N–H and O–H groups in total. The molecule has 6 rings (SSSR count).